The number of aryl methyl sites for hydroxylation is 1. The van der Waals surface area contributed by atoms with E-state index in [1.54, 1.807) is 10.8 Å². The molecule has 0 saturated heterocycles. The topological polar surface area (TPSA) is 37.8 Å². The van der Waals surface area contributed by atoms with Crippen molar-refractivity contribution in [2.24, 2.45) is 0 Å². The lowest BCUT2D eigenvalue weighted by atomic mass is 10.5. The summed E-state index contributed by atoms with van der Waals surface area (Å²) in [7, 11) is 0. The van der Waals surface area contributed by atoms with Gasteiger partial charge in [0.15, 0.2) is 4.77 Å². The van der Waals surface area contributed by atoms with Crippen molar-refractivity contribution < 1.29 is 4.79 Å². The molecule has 1 N–H and O–H groups in total. The molecule has 0 aliphatic rings. The molecule has 1 aromatic heterocycles. The fraction of sp³-hybridized carbons (Fsp3) is 0.333. The van der Waals surface area contributed by atoms with Crippen LogP contribution in [0.25, 0.3) is 0 Å². The number of imidazole rings is 1. The van der Waals surface area contributed by atoms with Gasteiger partial charge in [-0.15, -0.1) is 0 Å². The van der Waals surface area contributed by atoms with E-state index in [0.29, 0.717) is 11.3 Å². The Bertz CT molecular complexity index is 286. The maximum Gasteiger partial charge on any atom is 0.177 e. The molecular weight excluding hydrogens is 148 g/mol. The number of rotatable bonds is 2. The Kier molecular flexibility index (Phi) is 2.01. The van der Waals surface area contributed by atoms with E-state index < -0.39 is 0 Å². The van der Waals surface area contributed by atoms with Crippen LogP contribution in [0.4, 0.5) is 0 Å². The number of hydrogen-bond acceptors (Lipinski definition) is 2. The second-order valence-electron chi connectivity index (χ2n) is 2.01. The van der Waals surface area contributed by atoms with Crippen molar-refractivity contribution in [2.75, 3.05) is 0 Å². The minimum Gasteiger partial charge on any atom is -0.337 e. The number of H-pyrrole nitrogens is 1. The minimum absolute atomic E-state index is 0.341. The summed E-state index contributed by atoms with van der Waals surface area (Å²) < 4.78 is 2.34. The second kappa shape index (κ2) is 2.79. The van der Waals surface area contributed by atoms with Gasteiger partial charge in [-0.05, 0) is 19.1 Å². The van der Waals surface area contributed by atoms with Gasteiger partial charge in [-0.2, -0.15) is 0 Å². The van der Waals surface area contributed by atoms with Crippen LogP contribution >= 0.6 is 12.2 Å². The van der Waals surface area contributed by atoms with Crippen LogP contribution < -0.4 is 0 Å². The van der Waals surface area contributed by atoms with E-state index in [1.807, 2.05) is 6.92 Å². The highest BCUT2D eigenvalue weighted by Crippen LogP contribution is 1.96. The van der Waals surface area contributed by atoms with Gasteiger partial charge in [-0.1, -0.05) is 0 Å². The molecule has 0 unspecified atom stereocenters. The molecule has 1 rings (SSSR count). The van der Waals surface area contributed by atoms with E-state index in [1.165, 1.54) is 0 Å². The Morgan fingerprint density at radius 3 is 3.00 bits per heavy atom. The van der Waals surface area contributed by atoms with Crippen LogP contribution in [-0.4, -0.2) is 15.8 Å². The second-order valence-corrected chi connectivity index (χ2v) is 2.40. The summed E-state index contributed by atoms with van der Waals surface area (Å²) >= 11 is 4.89. The molecule has 0 atom stereocenters. The van der Waals surface area contributed by atoms with Crippen molar-refractivity contribution in [1.82, 2.24) is 9.55 Å². The Labute approximate surface area is 63.7 Å². The molecule has 10 heavy (non-hydrogen) atoms. The summed E-state index contributed by atoms with van der Waals surface area (Å²) in [5.41, 5.74) is 0.983. The normalized spacial score (nSPS) is 9.70. The van der Waals surface area contributed by atoms with Crippen molar-refractivity contribution in [3.8, 4) is 0 Å². The summed E-state index contributed by atoms with van der Waals surface area (Å²) in [6.07, 6.45) is 2.61. The highest BCUT2D eigenvalue weighted by atomic mass is 32.1. The smallest absolute Gasteiger partial charge is 0.177 e. The Morgan fingerprint density at radius 2 is 2.60 bits per heavy atom. The lowest BCUT2D eigenvalue weighted by Crippen LogP contribution is -2.00. The van der Waals surface area contributed by atoms with E-state index in [2.05, 4.69) is 4.98 Å². The van der Waals surface area contributed by atoms with Gasteiger partial charge < -0.3 is 14.3 Å². The number of nitrogens with one attached hydrogen (secondary N) is 1. The first-order valence-corrected chi connectivity index (χ1v) is 3.35. The molecule has 0 aliphatic heterocycles. The van der Waals surface area contributed by atoms with Crippen LogP contribution in [0.1, 0.15) is 5.69 Å². The van der Waals surface area contributed by atoms with Crippen LogP contribution in [0, 0.1) is 11.7 Å². The molecule has 1 heterocycles. The first-order chi connectivity index (χ1) is 4.75. The molecule has 0 aromatic carbocycles. The first kappa shape index (κ1) is 7.21. The standard InChI is InChI=1S/C6H8N2OS/c1-5-4-7-6(10)8(5)2-3-9/h3-4H,2H2,1H3,(H,7,10). The average molecular weight is 156 g/mol. The fourth-order valence-corrected chi connectivity index (χ4v) is 1.06. The Morgan fingerprint density at radius 1 is 1.90 bits per heavy atom. The van der Waals surface area contributed by atoms with Crippen LogP contribution in [0.2, 0.25) is 0 Å². The highest BCUT2D eigenvalue weighted by Gasteiger charge is 1.95. The van der Waals surface area contributed by atoms with Gasteiger partial charge in [-0.25, -0.2) is 0 Å². The minimum atomic E-state index is 0.341. The van der Waals surface area contributed by atoms with Gasteiger partial charge in [0.05, 0.1) is 6.54 Å². The zero-order valence-corrected chi connectivity index (χ0v) is 6.44. The first-order valence-electron chi connectivity index (χ1n) is 2.94. The van der Waals surface area contributed by atoms with Gasteiger partial charge in [-0.3, -0.25) is 0 Å². The molecule has 3 nitrogen and oxygen atoms in total. The summed E-state index contributed by atoms with van der Waals surface area (Å²) in [6.45, 7) is 2.24. The lowest BCUT2D eigenvalue weighted by molar-refractivity contribution is -0.108. The van der Waals surface area contributed by atoms with Gasteiger partial charge in [0, 0.05) is 11.9 Å². The number of aromatic nitrogens is 2. The third-order valence-corrected chi connectivity index (χ3v) is 1.67. The lowest BCUT2D eigenvalue weighted by Gasteiger charge is -1.95. The maximum absolute atomic E-state index is 10.1. The quantitative estimate of drug-likeness (QED) is 0.513. The largest absolute Gasteiger partial charge is 0.337 e. The summed E-state index contributed by atoms with van der Waals surface area (Å²) in [6, 6.07) is 0. The van der Waals surface area contributed by atoms with Crippen molar-refractivity contribution in [2.45, 2.75) is 13.5 Å². The van der Waals surface area contributed by atoms with E-state index >= 15 is 0 Å². The van der Waals surface area contributed by atoms with Gasteiger partial charge >= 0.3 is 0 Å². The molecule has 0 saturated carbocycles. The van der Waals surface area contributed by atoms with E-state index in [4.69, 9.17) is 12.2 Å². The molecule has 0 bridgehead atoms. The van der Waals surface area contributed by atoms with Crippen LogP contribution in [-0.2, 0) is 11.3 Å². The summed E-state index contributed by atoms with van der Waals surface area (Å²) in [5, 5.41) is 0. The number of aldehydes is 1. The van der Waals surface area contributed by atoms with Crippen molar-refractivity contribution >= 4 is 18.5 Å². The summed E-state index contributed by atoms with van der Waals surface area (Å²) in [5.74, 6) is 0. The van der Waals surface area contributed by atoms with E-state index in [9.17, 15) is 4.79 Å². The third-order valence-electron chi connectivity index (χ3n) is 1.33. The van der Waals surface area contributed by atoms with Gasteiger partial charge in [0.1, 0.15) is 6.29 Å². The third kappa shape index (κ3) is 1.16. The predicted octanol–water partition coefficient (Wildman–Crippen LogP) is 1.05. The van der Waals surface area contributed by atoms with Crippen molar-refractivity contribution in [3.05, 3.63) is 16.7 Å². The average Bonchev–Trinajstić information content (AvgIpc) is 2.20. The van der Waals surface area contributed by atoms with Crippen LogP contribution in [0.5, 0.6) is 0 Å². The van der Waals surface area contributed by atoms with Gasteiger partial charge in [0.2, 0.25) is 0 Å². The SMILES string of the molecule is Cc1c[nH]c(=S)n1CC=O. The van der Waals surface area contributed by atoms with Crippen LogP contribution in [0.3, 0.4) is 0 Å². The van der Waals surface area contributed by atoms with Crippen LogP contribution in [0.15, 0.2) is 6.20 Å². The predicted molar refractivity (Wildman–Crippen MR) is 40.4 cm³/mol. The molecule has 0 spiro atoms. The summed E-state index contributed by atoms with van der Waals surface area (Å²) in [4.78, 5) is 12.9. The number of nitrogens with zero attached hydrogens (tertiary/aromatic N) is 1. The maximum atomic E-state index is 10.1. The molecule has 0 aliphatic carbocycles. The molecule has 4 heteroatoms. The van der Waals surface area contributed by atoms with E-state index in [0.717, 1.165) is 12.0 Å². The molecule has 54 valence electrons. The Hall–Kier alpha value is -0.900. The highest BCUT2D eigenvalue weighted by molar-refractivity contribution is 7.71. The number of aromatic amines is 1. The molecule has 1 aromatic rings. The zero-order chi connectivity index (χ0) is 7.56. The molecular formula is C6H8N2OS. The van der Waals surface area contributed by atoms with Crippen molar-refractivity contribution in [3.63, 3.8) is 0 Å². The van der Waals surface area contributed by atoms with Crippen molar-refractivity contribution in [1.29, 1.82) is 0 Å². The Balaban J connectivity index is 3.10. The number of carbonyl (C=O) groups is 1. The monoisotopic (exact) mass is 156 g/mol. The molecule has 0 fully saturated rings. The fourth-order valence-electron chi connectivity index (χ4n) is 0.784. The number of hydrogen-bond donors (Lipinski definition) is 1. The number of carbonyl (C=O) groups excluding carboxylic acids is 1. The van der Waals surface area contributed by atoms with Gasteiger partial charge in [0.25, 0.3) is 0 Å². The molecule has 0 radical (unpaired) electrons. The molecule has 0 amide bonds. The zero-order valence-electron chi connectivity index (χ0n) is 5.63. The van der Waals surface area contributed by atoms with E-state index in [-0.39, 0.29) is 0 Å².